The summed E-state index contributed by atoms with van der Waals surface area (Å²) in [5.41, 5.74) is 1.84. The Morgan fingerprint density at radius 2 is 1.85 bits per heavy atom. The first kappa shape index (κ1) is 17.1. The predicted molar refractivity (Wildman–Crippen MR) is 99.1 cm³/mol. The van der Waals surface area contributed by atoms with E-state index in [9.17, 15) is 8.42 Å². The summed E-state index contributed by atoms with van der Waals surface area (Å²) < 4.78 is 33.8. The number of fused-ring (bicyclic) bond motifs is 1. The van der Waals surface area contributed by atoms with Crippen molar-refractivity contribution in [3.8, 4) is 11.4 Å². The van der Waals surface area contributed by atoms with Gasteiger partial charge in [-0.25, -0.2) is 13.4 Å². The summed E-state index contributed by atoms with van der Waals surface area (Å²) in [6, 6.07) is 9.78. The Hall–Kier alpha value is -2.29. The zero-order valence-electron chi connectivity index (χ0n) is 14.3. The number of hydrogen-bond donors (Lipinski definition) is 0. The molecule has 1 aliphatic heterocycles. The van der Waals surface area contributed by atoms with Gasteiger partial charge in [0.05, 0.1) is 24.5 Å². The van der Waals surface area contributed by atoms with E-state index in [-0.39, 0.29) is 5.75 Å². The maximum absolute atomic E-state index is 12.6. The van der Waals surface area contributed by atoms with Crippen LogP contribution in [0.1, 0.15) is 0 Å². The monoisotopic (exact) mass is 372 g/mol. The molecule has 7 nitrogen and oxygen atoms in total. The molecule has 8 heteroatoms. The van der Waals surface area contributed by atoms with Gasteiger partial charge in [0.1, 0.15) is 5.82 Å². The van der Waals surface area contributed by atoms with Crippen molar-refractivity contribution in [3.63, 3.8) is 0 Å². The highest BCUT2D eigenvalue weighted by Crippen LogP contribution is 2.26. The number of morpholine rings is 1. The van der Waals surface area contributed by atoms with Gasteiger partial charge in [-0.15, -0.1) is 0 Å². The fraction of sp³-hybridized carbons (Fsp3) is 0.333. The third-order valence-electron chi connectivity index (χ3n) is 4.56. The smallest absolute Gasteiger partial charge is 0.216 e. The molecule has 1 aromatic carbocycles. The molecule has 0 radical (unpaired) electrons. The van der Waals surface area contributed by atoms with E-state index in [2.05, 4.69) is 9.97 Å². The van der Waals surface area contributed by atoms with E-state index in [1.54, 1.807) is 12.4 Å². The molecule has 3 aromatic rings. The SMILES string of the molecule is O=S(=O)(CCn1ccnc1-c1ccnc2ccccc12)N1CCOCC1. The molecule has 4 rings (SSSR count). The number of para-hydroxylation sites is 1. The highest BCUT2D eigenvalue weighted by atomic mass is 32.2. The van der Waals surface area contributed by atoms with Crippen molar-refractivity contribution in [2.45, 2.75) is 6.54 Å². The number of rotatable bonds is 5. The quantitative estimate of drug-likeness (QED) is 0.682. The highest BCUT2D eigenvalue weighted by molar-refractivity contribution is 7.89. The van der Waals surface area contributed by atoms with Gasteiger partial charge in [0.15, 0.2) is 0 Å². The summed E-state index contributed by atoms with van der Waals surface area (Å²) in [5.74, 6) is 0.792. The highest BCUT2D eigenvalue weighted by Gasteiger charge is 2.24. The van der Waals surface area contributed by atoms with Gasteiger partial charge in [-0.05, 0) is 12.1 Å². The van der Waals surface area contributed by atoms with Crippen molar-refractivity contribution in [2.24, 2.45) is 0 Å². The average molecular weight is 372 g/mol. The first-order chi connectivity index (χ1) is 12.6. The molecule has 1 fully saturated rings. The van der Waals surface area contributed by atoms with Gasteiger partial charge >= 0.3 is 0 Å². The lowest BCUT2D eigenvalue weighted by Gasteiger charge is -2.26. The summed E-state index contributed by atoms with van der Waals surface area (Å²) in [6.45, 7) is 2.12. The van der Waals surface area contributed by atoms with Gasteiger partial charge in [-0.3, -0.25) is 4.98 Å². The molecule has 0 saturated carbocycles. The second kappa shape index (κ2) is 7.14. The fourth-order valence-electron chi connectivity index (χ4n) is 3.19. The Balaban J connectivity index is 1.59. The zero-order valence-corrected chi connectivity index (χ0v) is 15.1. The van der Waals surface area contributed by atoms with Gasteiger partial charge < -0.3 is 9.30 Å². The van der Waals surface area contributed by atoms with Crippen LogP contribution in [0.25, 0.3) is 22.3 Å². The van der Waals surface area contributed by atoms with Crippen molar-refractivity contribution in [2.75, 3.05) is 32.1 Å². The molecule has 0 N–H and O–H groups in total. The Kier molecular flexibility index (Phi) is 4.71. The lowest BCUT2D eigenvalue weighted by Crippen LogP contribution is -2.42. The van der Waals surface area contributed by atoms with E-state index in [1.165, 1.54) is 4.31 Å². The maximum atomic E-state index is 12.6. The molecule has 0 aliphatic carbocycles. The van der Waals surface area contributed by atoms with E-state index in [0.717, 1.165) is 22.3 Å². The fourth-order valence-corrected chi connectivity index (χ4v) is 4.58. The summed E-state index contributed by atoms with van der Waals surface area (Å²) in [7, 11) is -3.31. The maximum Gasteiger partial charge on any atom is 0.216 e. The van der Waals surface area contributed by atoms with Crippen molar-refractivity contribution in [1.82, 2.24) is 18.8 Å². The molecule has 1 saturated heterocycles. The zero-order chi connectivity index (χ0) is 18.0. The molecule has 0 amide bonds. The number of aromatic nitrogens is 3. The van der Waals surface area contributed by atoms with Crippen molar-refractivity contribution < 1.29 is 13.2 Å². The topological polar surface area (TPSA) is 77.3 Å². The van der Waals surface area contributed by atoms with Crippen molar-refractivity contribution in [3.05, 3.63) is 48.9 Å². The van der Waals surface area contributed by atoms with Crippen LogP contribution in [-0.2, 0) is 21.3 Å². The molecular formula is C18H20N4O3S. The van der Waals surface area contributed by atoms with Gasteiger partial charge in [0, 0.05) is 49.2 Å². The third kappa shape index (κ3) is 3.35. The van der Waals surface area contributed by atoms with Crippen molar-refractivity contribution >= 4 is 20.9 Å². The number of hydrogen-bond acceptors (Lipinski definition) is 5. The third-order valence-corrected chi connectivity index (χ3v) is 6.41. The van der Waals surface area contributed by atoms with E-state index in [4.69, 9.17) is 4.74 Å². The van der Waals surface area contributed by atoms with Crippen LogP contribution in [0.15, 0.2) is 48.9 Å². The molecule has 26 heavy (non-hydrogen) atoms. The molecule has 0 spiro atoms. The largest absolute Gasteiger partial charge is 0.379 e. The minimum absolute atomic E-state index is 0.0410. The minimum Gasteiger partial charge on any atom is -0.379 e. The molecule has 0 unspecified atom stereocenters. The summed E-state index contributed by atoms with van der Waals surface area (Å²) >= 11 is 0. The van der Waals surface area contributed by atoms with Crippen LogP contribution in [0, 0.1) is 0 Å². The summed E-state index contributed by atoms with van der Waals surface area (Å²) in [5, 5.41) is 0.999. The first-order valence-corrected chi connectivity index (χ1v) is 10.2. The molecule has 136 valence electrons. The average Bonchev–Trinajstić information content (AvgIpc) is 3.15. The molecule has 2 aromatic heterocycles. The standard InChI is InChI=1S/C18H20N4O3S/c23-26(24,22-9-12-25-13-10-22)14-11-21-8-7-20-18(21)16-5-6-19-17-4-2-1-3-15(16)17/h1-8H,9-14H2. The van der Waals surface area contributed by atoms with Crippen LogP contribution < -0.4 is 0 Å². The Bertz CT molecular complexity index is 1000. The lowest BCUT2D eigenvalue weighted by atomic mass is 10.1. The van der Waals surface area contributed by atoms with E-state index >= 15 is 0 Å². The first-order valence-electron chi connectivity index (χ1n) is 8.56. The molecule has 0 atom stereocenters. The number of sulfonamides is 1. The van der Waals surface area contributed by atoms with Gasteiger partial charge in [0.25, 0.3) is 0 Å². The van der Waals surface area contributed by atoms with Gasteiger partial charge in [-0.2, -0.15) is 4.31 Å². The van der Waals surface area contributed by atoms with Crippen LogP contribution in [0.3, 0.4) is 0 Å². The second-order valence-electron chi connectivity index (χ2n) is 6.15. The van der Waals surface area contributed by atoms with Crippen LogP contribution >= 0.6 is 0 Å². The van der Waals surface area contributed by atoms with Crippen LogP contribution in [0.4, 0.5) is 0 Å². The number of benzene rings is 1. The Morgan fingerprint density at radius 3 is 2.69 bits per heavy atom. The second-order valence-corrected chi connectivity index (χ2v) is 8.24. The molecule has 1 aliphatic rings. The van der Waals surface area contributed by atoms with E-state index in [1.807, 2.05) is 41.1 Å². The Labute approximate surface area is 152 Å². The van der Waals surface area contributed by atoms with E-state index < -0.39 is 10.0 Å². The number of nitrogens with zero attached hydrogens (tertiary/aromatic N) is 4. The number of pyridine rings is 1. The number of ether oxygens (including phenoxy) is 1. The van der Waals surface area contributed by atoms with Crippen LogP contribution in [-0.4, -0.2) is 59.3 Å². The summed E-state index contributed by atoms with van der Waals surface area (Å²) in [6.07, 6.45) is 5.27. The molecular weight excluding hydrogens is 352 g/mol. The van der Waals surface area contributed by atoms with E-state index in [0.29, 0.717) is 32.8 Å². The normalized spacial score (nSPS) is 16.2. The van der Waals surface area contributed by atoms with Gasteiger partial charge in [0.2, 0.25) is 10.0 Å². The molecule has 3 heterocycles. The minimum atomic E-state index is -3.31. The number of aryl methyl sites for hydroxylation is 1. The molecule has 0 bridgehead atoms. The lowest BCUT2D eigenvalue weighted by molar-refractivity contribution is 0.0730. The Morgan fingerprint density at radius 1 is 1.04 bits per heavy atom. The van der Waals surface area contributed by atoms with Gasteiger partial charge in [-0.1, -0.05) is 18.2 Å². The summed E-state index contributed by atoms with van der Waals surface area (Å²) in [4.78, 5) is 8.83. The van der Waals surface area contributed by atoms with Crippen LogP contribution in [0.5, 0.6) is 0 Å². The number of imidazole rings is 1. The van der Waals surface area contributed by atoms with Crippen LogP contribution in [0.2, 0.25) is 0 Å². The predicted octanol–water partition coefficient (Wildman–Crippen LogP) is 1.76. The van der Waals surface area contributed by atoms with Crippen molar-refractivity contribution in [1.29, 1.82) is 0 Å².